The van der Waals surface area contributed by atoms with Crippen molar-refractivity contribution in [2.24, 2.45) is 0 Å². The molecule has 1 aliphatic heterocycles. The number of fused-ring (bicyclic) bond motifs is 1. The second-order valence-electron chi connectivity index (χ2n) is 7.22. The molecule has 29 heavy (non-hydrogen) atoms. The van der Waals surface area contributed by atoms with Crippen LogP contribution < -0.4 is 16.0 Å². The van der Waals surface area contributed by atoms with Gasteiger partial charge in [-0.05, 0) is 44.0 Å². The van der Waals surface area contributed by atoms with Crippen LogP contribution in [0.5, 0.6) is 5.75 Å². The highest BCUT2D eigenvalue weighted by atomic mass is 16.5. The third kappa shape index (κ3) is 3.22. The molecule has 1 aromatic heterocycles. The molecule has 1 atom stereocenters. The van der Waals surface area contributed by atoms with E-state index in [2.05, 4.69) is 0 Å². The third-order valence-corrected chi connectivity index (χ3v) is 5.47. The molecule has 3 aromatic rings. The fourth-order valence-electron chi connectivity index (χ4n) is 3.95. The van der Waals surface area contributed by atoms with Crippen LogP contribution in [0, 0.1) is 0 Å². The molecule has 0 bridgehead atoms. The highest BCUT2D eigenvalue weighted by molar-refractivity contribution is 5.84. The summed E-state index contributed by atoms with van der Waals surface area (Å²) < 4.78 is 7.78. The van der Waals surface area contributed by atoms with Crippen LogP contribution >= 0.6 is 0 Å². The Morgan fingerprint density at radius 1 is 1.03 bits per heavy atom. The first-order valence-corrected chi connectivity index (χ1v) is 9.72. The molecule has 2 heterocycles. The lowest BCUT2D eigenvalue weighted by atomic mass is 10.2. The summed E-state index contributed by atoms with van der Waals surface area (Å²) in [4.78, 5) is 41.5. The average Bonchev–Trinajstić information content (AvgIpc) is 3.28. The number of hydrogen-bond donors (Lipinski definition) is 0. The van der Waals surface area contributed by atoms with Gasteiger partial charge in [-0.15, -0.1) is 0 Å². The van der Waals surface area contributed by atoms with Gasteiger partial charge >= 0.3 is 5.69 Å². The third-order valence-electron chi connectivity index (χ3n) is 5.47. The molecule has 1 aliphatic rings. The maximum absolute atomic E-state index is 13.5. The molecule has 0 spiro atoms. The Morgan fingerprint density at radius 3 is 2.48 bits per heavy atom. The van der Waals surface area contributed by atoms with Gasteiger partial charge in [-0.25, -0.2) is 9.36 Å². The van der Waals surface area contributed by atoms with Crippen LogP contribution in [0.2, 0.25) is 0 Å². The molecule has 7 nitrogen and oxygen atoms in total. The largest absolute Gasteiger partial charge is 0.497 e. The molecule has 4 rings (SSSR count). The van der Waals surface area contributed by atoms with Gasteiger partial charge < -0.3 is 9.64 Å². The SMILES string of the molecule is COc1cccc(-n2c(=O)c3ccccc3n(C(C)C(=O)N3CCCC3)c2=O)c1. The highest BCUT2D eigenvalue weighted by Gasteiger charge is 2.27. The Balaban J connectivity index is 1.97. The van der Waals surface area contributed by atoms with Gasteiger partial charge in [0, 0.05) is 19.2 Å². The van der Waals surface area contributed by atoms with Gasteiger partial charge in [-0.2, -0.15) is 0 Å². The van der Waals surface area contributed by atoms with E-state index in [-0.39, 0.29) is 5.91 Å². The van der Waals surface area contributed by atoms with Crippen LogP contribution in [0.4, 0.5) is 0 Å². The van der Waals surface area contributed by atoms with Gasteiger partial charge in [0.2, 0.25) is 5.91 Å². The number of likely N-dealkylation sites (tertiary alicyclic amines) is 1. The number of nitrogens with zero attached hydrogens (tertiary/aromatic N) is 3. The molecular formula is C22H23N3O4. The van der Waals surface area contributed by atoms with Crippen molar-refractivity contribution in [1.29, 1.82) is 0 Å². The van der Waals surface area contributed by atoms with Gasteiger partial charge in [0.15, 0.2) is 0 Å². The topological polar surface area (TPSA) is 73.5 Å². The number of hydrogen-bond acceptors (Lipinski definition) is 4. The van der Waals surface area contributed by atoms with Crippen molar-refractivity contribution >= 4 is 16.8 Å². The van der Waals surface area contributed by atoms with Crippen molar-refractivity contribution in [2.75, 3.05) is 20.2 Å². The first-order valence-electron chi connectivity index (χ1n) is 9.72. The van der Waals surface area contributed by atoms with Crippen molar-refractivity contribution in [3.8, 4) is 11.4 Å². The molecule has 7 heteroatoms. The second kappa shape index (κ2) is 7.58. The van der Waals surface area contributed by atoms with Crippen molar-refractivity contribution in [2.45, 2.75) is 25.8 Å². The van der Waals surface area contributed by atoms with E-state index in [0.717, 1.165) is 17.4 Å². The lowest BCUT2D eigenvalue weighted by Crippen LogP contribution is -2.44. The molecule has 0 N–H and O–H groups in total. The molecule has 150 valence electrons. The number of carbonyl (C=O) groups excluding carboxylic acids is 1. The molecule has 0 radical (unpaired) electrons. The highest BCUT2D eigenvalue weighted by Crippen LogP contribution is 2.20. The van der Waals surface area contributed by atoms with Gasteiger partial charge in [0.1, 0.15) is 11.8 Å². The Kier molecular flexibility index (Phi) is 4.96. The van der Waals surface area contributed by atoms with Gasteiger partial charge in [-0.3, -0.25) is 14.2 Å². The van der Waals surface area contributed by atoms with E-state index in [4.69, 9.17) is 4.74 Å². The molecule has 1 saturated heterocycles. The number of aromatic nitrogens is 2. The van der Waals surface area contributed by atoms with Crippen molar-refractivity contribution in [1.82, 2.24) is 14.0 Å². The van der Waals surface area contributed by atoms with E-state index in [1.54, 1.807) is 60.4 Å². The minimum Gasteiger partial charge on any atom is -0.497 e. The zero-order valence-electron chi connectivity index (χ0n) is 16.5. The second-order valence-corrected chi connectivity index (χ2v) is 7.22. The number of para-hydroxylation sites is 1. The normalized spacial score (nSPS) is 14.9. The maximum Gasteiger partial charge on any atom is 0.336 e. The molecule has 0 saturated carbocycles. The Morgan fingerprint density at radius 2 is 1.76 bits per heavy atom. The lowest BCUT2D eigenvalue weighted by molar-refractivity contribution is -0.133. The average molecular weight is 393 g/mol. The van der Waals surface area contributed by atoms with Crippen molar-refractivity contribution < 1.29 is 9.53 Å². The Labute approximate surface area is 167 Å². The van der Waals surface area contributed by atoms with Crippen LogP contribution in [-0.4, -0.2) is 40.1 Å². The summed E-state index contributed by atoms with van der Waals surface area (Å²) in [7, 11) is 1.53. The lowest BCUT2D eigenvalue weighted by Gasteiger charge is -2.24. The zero-order valence-corrected chi connectivity index (χ0v) is 16.5. The number of carbonyl (C=O) groups is 1. The van der Waals surface area contributed by atoms with E-state index in [1.165, 1.54) is 11.7 Å². The number of rotatable bonds is 4. The van der Waals surface area contributed by atoms with Crippen molar-refractivity contribution in [3.63, 3.8) is 0 Å². The minimum atomic E-state index is -0.719. The molecule has 1 amide bonds. The Hall–Kier alpha value is -3.35. The van der Waals surface area contributed by atoms with Gasteiger partial charge in [0.05, 0.1) is 23.7 Å². The summed E-state index contributed by atoms with van der Waals surface area (Å²) in [5.41, 5.74) is -0.0979. The fourth-order valence-corrected chi connectivity index (χ4v) is 3.95. The number of methoxy groups -OCH3 is 1. The number of amides is 1. The van der Waals surface area contributed by atoms with Crippen LogP contribution in [0.25, 0.3) is 16.6 Å². The minimum absolute atomic E-state index is 0.106. The van der Waals surface area contributed by atoms with E-state index in [9.17, 15) is 14.4 Å². The van der Waals surface area contributed by atoms with E-state index in [0.29, 0.717) is 35.4 Å². The van der Waals surface area contributed by atoms with Crippen LogP contribution in [0.1, 0.15) is 25.8 Å². The van der Waals surface area contributed by atoms with Gasteiger partial charge in [-0.1, -0.05) is 18.2 Å². The van der Waals surface area contributed by atoms with E-state index >= 15 is 0 Å². The van der Waals surface area contributed by atoms with Gasteiger partial charge in [0.25, 0.3) is 5.56 Å². The summed E-state index contributed by atoms with van der Waals surface area (Å²) in [6, 6.07) is 13.0. The molecule has 2 aromatic carbocycles. The number of ether oxygens (including phenoxy) is 1. The first-order chi connectivity index (χ1) is 14.0. The number of benzene rings is 2. The molecule has 1 unspecified atom stereocenters. The molecule has 0 aliphatic carbocycles. The molecular weight excluding hydrogens is 370 g/mol. The Bertz CT molecular complexity index is 1190. The fraction of sp³-hybridized carbons (Fsp3) is 0.318. The van der Waals surface area contributed by atoms with E-state index in [1.807, 2.05) is 0 Å². The predicted molar refractivity (Wildman–Crippen MR) is 111 cm³/mol. The van der Waals surface area contributed by atoms with Crippen LogP contribution in [0.3, 0.4) is 0 Å². The quantitative estimate of drug-likeness (QED) is 0.682. The summed E-state index contributed by atoms with van der Waals surface area (Å²) in [6.45, 7) is 3.12. The predicted octanol–water partition coefficient (Wildman–Crippen LogP) is 2.34. The standard InChI is InChI=1S/C22H23N3O4/c1-15(20(26)23-12-5-6-13-23)24-19-11-4-3-10-18(19)21(27)25(22(24)28)16-8-7-9-17(14-16)29-2/h3-4,7-11,14-15H,5-6,12-13H2,1-2H3. The van der Waals surface area contributed by atoms with E-state index < -0.39 is 17.3 Å². The summed E-state index contributed by atoms with van der Waals surface area (Å²) in [5.74, 6) is 0.431. The summed E-state index contributed by atoms with van der Waals surface area (Å²) >= 11 is 0. The molecule has 1 fully saturated rings. The maximum atomic E-state index is 13.5. The zero-order chi connectivity index (χ0) is 20.5. The monoisotopic (exact) mass is 393 g/mol. The van der Waals surface area contributed by atoms with Crippen LogP contribution in [0.15, 0.2) is 58.1 Å². The summed E-state index contributed by atoms with van der Waals surface area (Å²) in [6.07, 6.45) is 1.94. The smallest absolute Gasteiger partial charge is 0.336 e. The van der Waals surface area contributed by atoms with Crippen molar-refractivity contribution in [3.05, 3.63) is 69.4 Å². The van der Waals surface area contributed by atoms with Crippen LogP contribution in [-0.2, 0) is 4.79 Å². The summed E-state index contributed by atoms with van der Waals surface area (Å²) in [5, 5.41) is 0.385. The first kappa shape index (κ1) is 19.0.